The molecule has 1 amide bonds. The van der Waals surface area contributed by atoms with Crippen molar-refractivity contribution < 1.29 is 23.8 Å². The molecule has 0 spiro atoms. The third kappa shape index (κ3) is 4.95. The number of hydrogen-bond donors (Lipinski definition) is 2. The molecule has 0 saturated carbocycles. The molecule has 2 atom stereocenters. The summed E-state index contributed by atoms with van der Waals surface area (Å²) in [4.78, 5) is 27.9. The first-order valence-corrected chi connectivity index (χ1v) is 13.3. The third-order valence-corrected chi connectivity index (χ3v) is 7.79. The molecular formula is C33H34N2O5. The number of methoxy groups -OCH3 is 3. The fraction of sp³-hybridized carbons (Fsp3) is 0.273. The van der Waals surface area contributed by atoms with Gasteiger partial charge in [-0.25, -0.2) is 0 Å². The minimum absolute atomic E-state index is 0.00173. The lowest BCUT2D eigenvalue weighted by Gasteiger charge is -2.37. The Hall–Kier alpha value is -4.52. The summed E-state index contributed by atoms with van der Waals surface area (Å²) in [5.41, 5.74) is 6.13. The van der Waals surface area contributed by atoms with Gasteiger partial charge in [0.1, 0.15) is 5.75 Å². The summed E-state index contributed by atoms with van der Waals surface area (Å²) in [5, 5.41) is 6.53. The van der Waals surface area contributed by atoms with E-state index in [9.17, 15) is 9.59 Å². The van der Waals surface area contributed by atoms with Crippen LogP contribution in [0.1, 0.15) is 48.3 Å². The minimum Gasteiger partial charge on any atom is -0.496 e. The number of nitrogens with one attached hydrogen (secondary N) is 2. The molecule has 3 aromatic rings. The number of para-hydroxylation sites is 2. The van der Waals surface area contributed by atoms with Crippen LogP contribution in [0.5, 0.6) is 17.2 Å². The van der Waals surface area contributed by atoms with Crippen LogP contribution < -0.4 is 24.8 Å². The Bertz CT molecular complexity index is 1540. The number of aryl methyl sites for hydroxylation is 1. The van der Waals surface area contributed by atoms with E-state index in [0.29, 0.717) is 46.9 Å². The Morgan fingerprint density at radius 3 is 2.27 bits per heavy atom. The van der Waals surface area contributed by atoms with E-state index in [-0.39, 0.29) is 17.6 Å². The summed E-state index contributed by atoms with van der Waals surface area (Å²) in [6, 6.07) is 21.0. The van der Waals surface area contributed by atoms with Gasteiger partial charge in [0, 0.05) is 40.2 Å². The van der Waals surface area contributed by atoms with Gasteiger partial charge in [0.05, 0.1) is 27.2 Å². The van der Waals surface area contributed by atoms with Crippen LogP contribution in [0.4, 0.5) is 5.69 Å². The number of rotatable bonds is 7. The maximum absolute atomic E-state index is 14.0. The maximum Gasteiger partial charge on any atom is 0.254 e. The predicted molar refractivity (Wildman–Crippen MR) is 155 cm³/mol. The fourth-order valence-corrected chi connectivity index (χ4v) is 5.80. The highest BCUT2D eigenvalue weighted by molar-refractivity contribution is 6.10. The van der Waals surface area contributed by atoms with Crippen LogP contribution in [0.3, 0.4) is 0 Å². The number of ketones is 1. The number of allylic oxidation sites excluding steroid dienone is 3. The Labute approximate surface area is 234 Å². The largest absolute Gasteiger partial charge is 0.496 e. The molecule has 0 saturated heterocycles. The van der Waals surface area contributed by atoms with Gasteiger partial charge in [0.2, 0.25) is 0 Å². The summed E-state index contributed by atoms with van der Waals surface area (Å²) >= 11 is 0. The van der Waals surface area contributed by atoms with Crippen molar-refractivity contribution in [1.29, 1.82) is 0 Å². The molecule has 1 aliphatic heterocycles. The maximum atomic E-state index is 14.0. The molecule has 7 heteroatoms. The number of benzene rings is 3. The summed E-state index contributed by atoms with van der Waals surface area (Å²) < 4.78 is 16.6. The number of dihydropyridines is 1. The normalized spacial score (nSPS) is 18.6. The van der Waals surface area contributed by atoms with Crippen LogP contribution in [0, 0.1) is 6.92 Å². The topological polar surface area (TPSA) is 85.9 Å². The van der Waals surface area contributed by atoms with Crippen LogP contribution in [0.15, 0.2) is 89.3 Å². The lowest BCUT2D eigenvalue weighted by atomic mass is 9.71. The van der Waals surface area contributed by atoms with Crippen LogP contribution in [-0.4, -0.2) is 33.0 Å². The van der Waals surface area contributed by atoms with Crippen molar-refractivity contribution in [3.05, 3.63) is 106 Å². The quantitative estimate of drug-likeness (QED) is 0.383. The van der Waals surface area contributed by atoms with Gasteiger partial charge in [0.15, 0.2) is 17.3 Å². The predicted octanol–water partition coefficient (Wildman–Crippen LogP) is 6.02. The highest BCUT2D eigenvalue weighted by Gasteiger charge is 2.42. The lowest BCUT2D eigenvalue weighted by molar-refractivity contribution is -0.116. The van der Waals surface area contributed by atoms with Crippen molar-refractivity contribution in [3.63, 3.8) is 0 Å². The molecule has 5 rings (SSSR count). The van der Waals surface area contributed by atoms with Gasteiger partial charge in [-0.1, -0.05) is 42.5 Å². The van der Waals surface area contributed by atoms with Crippen LogP contribution in [-0.2, 0) is 9.59 Å². The Kier molecular flexibility index (Phi) is 7.65. The van der Waals surface area contributed by atoms with Crippen LogP contribution in [0.25, 0.3) is 0 Å². The van der Waals surface area contributed by atoms with E-state index in [0.717, 1.165) is 28.1 Å². The van der Waals surface area contributed by atoms with E-state index < -0.39 is 5.92 Å². The summed E-state index contributed by atoms with van der Waals surface area (Å²) in [6.07, 6.45) is 0.930. The molecule has 7 nitrogen and oxygen atoms in total. The van der Waals surface area contributed by atoms with Gasteiger partial charge in [-0.15, -0.1) is 0 Å². The third-order valence-electron chi connectivity index (χ3n) is 7.79. The van der Waals surface area contributed by atoms with Gasteiger partial charge < -0.3 is 24.8 Å². The van der Waals surface area contributed by atoms with E-state index in [1.165, 1.54) is 0 Å². The first-order chi connectivity index (χ1) is 19.4. The first kappa shape index (κ1) is 27.1. The fourth-order valence-electron chi connectivity index (χ4n) is 5.80. The van der Waals surface area contributed by atoms with Crippen LogP contribution in [0.2, 0.25) is 0 Å². The zero-order valence-corrected chi connectivity index (χ0v) is 23.5. The highest BCUT2D eigenvalue weighted by atomic mass is 16.5. The standard InChI is InChI=1S/C33H34N2O5/c1-19-10-6-8-12-24(19)35-33(37)30-20(2)34-25-16-22(21-14-15-28(39-4)29(18-21)40-5)17-26(36)32(25)31(30)23-11-7-9-13-27(23)38-3/h6-15,18,22,31,34H,16-17H2,1-5H3,(H,35,37)/t22-,31-/m1/s1. The average molecular weight is 539 g/mol. The molecule has 206 valence electrons. The number of hydrogen-bond acceptors (Lipinski definition) is 6. The molecule has 2 aliphatic rings. The SMILES string of the molecule is COc1ccc([C@H]2CC(=O)C3=C(C2)NC(C)=C(C(=O)Nc2ccccc2C)[C@H]3c2ccccc2OC)cc1OC. The second-order valence-electron chi connectivity index (χ2n) is 10.1. The number of carbonyl (C=O) groups excluding carboxylic acids is 2. The number of ether oxygens (including phenoxy) is 3. The molecule has 0 bridgehead atoms. The zero-order valence-electron chi connectivity index (χ0n) is 23.5. The van der Waals surface area contributed by atoms with Crippen LogP contribution >= 0.6 is 0 Å². The summed E-state index contributed by atoms with van der Waals surface area (Å²) in [7, 11) is 4.81. The molecule has 0 aromatic heterocycles. The Morgan fingerprint density at radius 1 is 0.850 bits per heavy atom. The number of amides is 1. The molecule has 0 radical (unpaired) electrons. The smallest absolute Gasteiger partial charge is 0.254 e. The van der Waals surface area contributed by atoms with Crippen molar-refractivity contribution in [2.45, 2.75) is 38.5 Å². The number of anilines is 1. The van der Waals surface area contributed by atoms with E-state index >= 15 is 0 Å². The first-order valence-electron chi connectivity index (χ1n) is 13.3. The summed E-state index contributed by atoms with van der Waals surface area (Å²) in [6.45, 7) is 3.84. The van der Waals surface area contributed by atoms with Crippen molar-refractivity contribution >= 4 is 17.4 Å². The number of carbonyl (C=O) groups is 2. The second kappa shape index (κ2) is 11.3. The minimum atomic E-state index is -0.574. The van der Waals surface area contributed by atoms with Crippen molar-refractivity contribution in [2.75, 3.05) is 26.6 Å². The monoisotopic (exact) mass is 538 g/mol. The van der Waals surface area contributed by atoms with Gasteiger partial charge in [0.25, 0.3) is 5.91 Å². The van der Waals surface area contributed by atoms with Crippen molar-refractivity contribution in [3.8, 4) is 17.2 Å². The molecule has 1 heterocycles. The Balaban J connectivity index is 1.58. The zero-order chi connectivity index (χ0) is 28.4. The average Bonchev–Trinajstić information content (AvgIpc) is 2.96. The van der Waals surface area contributed by atoms with E-state index in [1.54, 1.807) is 21.3 Å². The molecular weight excluding hydrogens is 504 g/mol. The van der Waals surface area contributed by atoms with Gasteiger partial charge in [-0.05, 0) is 61.6 Å². The van der Waals surface area contributed by atoms with E-state index in [2.05, 4.69) is 10.6 Å². The summed E-state index contributed by atoms with van der Waals surface area (Å²) in [5.74, 6) is 1.02. The van der Waals surface area contributed by atoms with Crippen molar-refractivity contribution in [1.82, 2.24) is 5.32 Å². The second-order valence-corrected chi connectivity index (χ2v) is 10.1. The highest BCUT2D eigenvalue weighted by Crippen LogP contribution is 2.48. The van der Waals surface area contributed by atoms with E-state index in [1.807, 2.05) is 80.6 Å². The molecule has 40 heavy (non-hydrogen) atoms. The van der Waals surface area contributed by atoms with Gasteiger partial charge in [-0.3, -0.25) is 9.59 Å². The van der Waals surface area contributed by atoms with Gasteiger partial charge in [-0.2, -0.15) is 0 Å². The molecule has 0 unspecified atom stereocenters. The van der Waals surface area contributed by atoms with E-state index in [4.69, 9.17) is 14.2 Å². The van der Waals surface area contributed by atoms with Crippen molar-refractivity contribution in [2.24, 2.45) is 0 Å². The molecule has 3 aromatic carbocycles. The van der Waals surface area contributed by atoms with Gasteiger partial charge >= 0.3 is 0 Å². The molecule has 0 fully saturated rings. The molecule has 1 aliphatic carbocycles. The Morgan fingerprint density at radius 2 is 1.55 bits per heavy atom. The lowest BCUT2D eigenvalue weighted by Crippen LogP contribution is -2.37. The molecule has 2 N–H and O–H groups in total. The number of Topliss-reactive ketones (excluding diaryl/α,β-unsaturated/α-hetero) is 1.